The van der Waals surface area contributed by atoms with Crippen molar-refractivity contribution < 1.29 is 28.6 Å². The number of rotatable bonds is 6. The number of ketones is 2. The molecular formula is C30H30ClNO6. The molecule has 0 spiro atoms. The molecule has 1 aliphatic heterocycles. The third-order valence-electron chi connectivity index (χ3n) is 7.23. The summed E-state index contributed by atoms with van der Waals surface area (Å²) in [5.41, 5.74) is 4.49. The van der Waals surface area contributed by atoms with Gasteiger partial charge in [-0.15, -0.1) is 0 Å². The Labute approximate surface area is 226 Å². The van der Waals surface area contributed by atoms with Crippen LogP contribution in [0.3, 0.4) is 0 Å². The van der Waals surface area contributed by atoms with E-state index in [1.165, 1.54) is 7.11 Å². The maximum Gasteiger partial charge on any atom is 0.262 e. The van der Waals surface area contributed by atoms with E-state index in [4.69, 9.17) is 25.8 Å². The lowest BCUT2D eigenvalue weighted by atomic mass is 9.73. The highest BCUT2D eigenvalue weighted by molar-refractivity contribution is 6.32. The van der Waals surface area contributed by atoms with Crippen molar-refractivity contribution in [3.8, 4) is 11.5 Å². The summed E-state index contributed by atoms with van der Waals surface area (Å²) in [4.78, 5) is 38.7. The summed E-state index contributed by atoms with van der Waals surface area (Å²) in [6.45, 7) is 3.64. The molecule has 1 heterocycles. The second-order valence-corrected chi connectivity index (χ2v) is 10.4. The normalized spacial score (nSPS) is 17.6. The maximum absolute atomic E-state index is 13.1. The third-order valence-corrected chi connectivity index (χ3v) is 7.51. The van der Waals surface area contributed by atoms with Gasteiger partial charge >= 0.3 is 0 Å². The Morgan fingerprint density at radius 3 is 2.26 bits per heavy atom. The minimum Gasteiger partial charge on any atom is -0.493 e. The smallest absolute Gasteiger partial charge is 0.262 e. The molecule has 198 valence electrons. The van der Waals surface area contributed by atoms with Gasteiger partial charge in [-0.3, -0.25) is 14.4 Å². The zero-order valence-electron chi connectivity index (χ0n) is 21.7. The van der Waals surface area contributed by atoms with E-state index in [2.05, 4.69) is 5.32 Å². The molecule has 7 nitrogen and oxygen atoms in total. The number of carbonyl (C=O) groups is 3. The van der Waals surface area contributed by atoms with Crippen LogP contribution in [-0.4, -0.2) is 31.2 Å². The monoisotopic (exact) mass is 535 g/mol. The van der Waals surface area contributed by atoms with Gasteiger partial charge in [-0.25, -0.2) is 0 Å². The average Bonchev–Trinajstić information content (AvgIpc) is 2.88. The number of anilines is 1. The van der Waals surface area contributed by atoms with Gasteiger partial charge in [0.05, 0.1) is 12.1 Å². The highest BCUT2D eigenvalue weighted by Crippen LogP contribution is 2.50. The number of hydrogen-bond donors (Lipinski definition) is 1. The summed E-state index contributed by atoms with van der Waals surface area (Å²) in [7, 11) is 1.48. The minimum absolute atomic E-state index is 0.0142. The summed E-state index contributed by atoms with van der Waals surface area (Å²) >= 11 is 6.67. The van der Waals surface area contributed by atoms with Crippen LogP contribution in [0, 0.1) is 13.8 Å². The Kier molecular flexibility index (Phi) is 7.30. The van der Waals surface area contributed by atoms with Gasteiger partial charge in [-0.1, -0.05) is 29.3 Å². The molecule has 5 rings (SSSR count). The van der Waals surface area contributed by atoms with E-state index >= 15 is 0 Å². The number of methoxy groups -OCH3 is 1. The van der Waals surface area contributed by atoms with Crippen LogP contribution < -0.4 is 14.8 Å². The van der Waals surface area contributed by atoms with Crippen molar-refractivity contribution in [2.75, 3.05) is 19.0 Å². The number of ether oxygens (including phenoxy) is 3. The van der Waals surface area contributed by atoms with Crippen molar-refractivity contribution in [3.63, 3.8) is 0 Å². The Balaban J connectivity index is 1.44. The lowest BCUT2D eigenvalue weighted by Gasteiger charge is -2.36. The number of Topliss-reactive ketones (excluding diaryl/α,β-unsaturated/α-hetero) is 2. The van der Waals surface area contributed by atoms with Crippen molar-refractivity contribution in [1.82, 2.24) is 0 Å². The highest BCUT2D eigenvalue weighted by Gasteiger charge is 2.42. The second kappa shape index (κ2) is 10.7. The summed E-state index contributed by atoms with van der Waals surface area (Å²) in [5, 5.41) is 3.07. The van der Waals surface area contributed by atoms with Crippen LogP contribution in [0.15, 0.2) is 53.0 Å². The Hall–Kier alpha value is -3.58. The zero-order valence-corrected chi connectivity index (χ0v) is 22.5. The van der Waals surface area contributed by atoms with E-state index in [0.717, 1.165) is 24.0 Å². The molecule has 0 atom stereocenters. The number of hydrogen-bond acceptors (Lipinski definition) is 6. The van der Waals surface area contributed by atoms with Gasteiger partial charge in [-0.05, 0) is 56.0 Å². The van der Waals surface area contributed by atoms with E-state index in [0.29, 0.717) is 65.3 Å². The first-order valence-corrected chi connectivity index (χ1v) is 13.2. The fourth-order valence-electron chi connectivity index (χ4n) is 5.48. The van der Waals surface area contributed by atoms with E-state index in [1.807, 2.05) is 32.0 Å². The van der Waals surface area contributed by atoms with Crippen LogP contribution in [0.2, 0.25) is 5.02 Å². The molecule has 2 aromatic carbocycles. The molecule has 0 bridgehead atoms. The standard InChI is InChI=1S/C30H30ClNO6/c1-16-10-11-20(17(2)12-16)32-26(35)15-37-30-19(31)13-18(14-25(30)36-3)27-28-21(33)6-4-8-23(28)38-24-9-5-7-22(34)29(24)27/h10-14,27H,4-9,15H2,1-3H3,(H,32,35). The van der Waals surface area contributed by atoms with Crippen molar-refractivity contribution in [3.05, 3.63) is 74.7 Å². The molecule has 0 radical (unpaired) electrons. The van der Waals surface area contributed by atoms with Crippen LogP contribution >= 0.6 is 11.6 Å². The van der Waals surface area contributed by atoms with Gasteiger partial charge in [-0.2, -0.15) is 0 Å². The molecule has 1 N–H and O–H groups in total. The predicted molar refractivity (Wildman–Crippen MR) is 144 cm³/mol. The van der Waals surface area contributed by atoms with Crippen LogP contribution in [-0.2, 0) is 19.1 Å². The molecule has 0 aromatic heterocycles. The van der Waals surface area contributed by atoms with Crippen LogP contribution in [0.5, 0.6) is 11.5 Å². The highest BCUT2D eigenvalue weighted by atomic mass is 35.5. The van der Waals surface area contributed by atoms with E-state index in [9.17, 15) is 14.4 Å². The van der Waals surface area contributed by atoms with Crippen LogP contribution in [0.25, 0.3) is 0 Å². The number of aryl methyl sites for hydroxylation is 2. The molecule has 3 aliphatic rings. The Bertz CT molecular complexity index is 1360. The summed E-state index contributed by atoms with van der Waals surface area (Å²) in [6, 6.07) is 9.19. The van der Waals surface area contributed by atoms with Gasteiger partial charge in [0.2, 0.25) is 0 Å². The summed E-state index contributed by atoms with van der Waals surface area (Å²) in [6.07, 6.45) is 3.59. The van der Waals surface area contributed by atoms with Gasteiger partial charge in [0.1, 0.15) is 11.5 Å². The average molecular weight is 536 g/mol. The van der Waals surface area contributed by atoms with Gasteiger partial charge in [0.25, 0.3) is 5.91 Å². The molecule has 2 aromatic rings. The number of nitrogens with one attached hydrogen (secondary N) is 1. The quantitative estimate of drug-likeness (QED) is 0.480. The largest absolute Gasteiger partial charge is 0.493 e. The second-order valence-electron chi connectivity index (χ2n) is 9.95. The molecule has 8 heteroatoms. The predicted octanol–water partition coefficient (Wildman–Crippen LogP) is 6.11. The molecule has 1 amide bonds. The fraction of sp³-hybridized carbons (Fsp3) is 0.367. The third kappa shape index (κ3) is 4.95. The van der Waals surface area contributed by atoms with Crippen molar-refractivity contribution in [1.29, 1.82) is 0 Å². The Morgan fingerprint density at radius 2 is 1.66 bits per heavy atom. The SMILES string of the molecule is COc1cc(C2C3=C(CCCC3=O)OC3=C2C(=O)CCC3)cc(Cl)c1OCC(=O)Nc1ccc(C)cc1C. The van der Waals surface area contributed by atoms with Crippen molar-refractivity contribution >= 4 is 34.8 Å². The van der Waals surface area contributed by atoms with Crippen molar-refractivity contribution in [2.45, 2.75) is 58.3 Å². The number of carbonyl (C=O) groups excluding carboxylic acids is 3. The molecule has 0 unspecified atom stereocenters. The topological polar surface area (TPSA) is 90.9 Å². The fourth-order valence-corrected chi connectivity index (χ4v) is 5.75. The first-order chi connectivity index (χ1) is 18.3. The first-order valence-electron chi connectivity index (χ1n) is 12.8. The molecule has 0 fully saturated rings. The number of halogens is 1. The Morgan fingerprint density at radius 1 is 1.00 bits per heavy atom. The van der Waals surface area contributed by atoms with E-state index in [-0.39, 0.29) is 34.9 Å². The van der Waals surface area contributed by atoms with Gasteiger partial charge in [0, 0.05) is 48.4 Å². The molecule has 2 aliphatic carbocycles. The van der Waals surface area contributed by atoms with Crippen molar-refractivity contribution in [2.24, 2.45) is 0 Å². The van der Waals surface area contributed by atoms with Gasteiger partial charge < -0.3 is 19.5 Å². The lowest BCUT2D eigenvalue weighted by molar-refractivity contribution is -0.119. The number of allylic oxidation sites excluding steroid dienone is 4. The number of benzene rings is 2. The molecular weight excluding hydrogens is 506 g/mol. The van der Waals surface area contributed by atoms with E-state index in [1.54, 1.807) is 12.1 Å². The minimum atomic E-state index is -0.567. The first kappa shape index (κ1) is 26.0. The summed E-state index contributed by atoms with van der Waals surface area (Å²) in [5.74, 6) is 0.898. The zero-order chi connectivity index (χ0) is 27.0. The molecule has 0 saturated heterocycles. The van der Waals surface area contributed by atoms with Crippen LogP contribution in [0.4, 0.5) is 5.69 Å². The lowest BCUT2D eigenvalue weighted by Crippen LogP contribution is -2.30. The number of amides is 1. The van der Waals surface area contributed by atoms with Gasteiger partial charge in [0.15, 0.2) is 29.7 Å². The van der Waals surface area contributed by atoms with Crippen LogP contribution in [0.1, 0.15) is 61.1 Å². The molecule has 38 heavy (non-hydrogen) atoms. The maximum atomic E-state index is 13.1. The summed E-state index contributed by atoms with van der Waals surface area (Å²) < 4.78 is 17.5. The van der Waals surface area contributed by atoms with E-state index < -0.39 is 5.92 Å². The molecule has 0 saturated carbocycles.